The SMILES string of the molecule is CC1=C(C(=O)OC(C)C)[C@@H](c2ccccc2Cl)CC(=O)N1Cc1ccc(Br)cc1. The zero-order chi connectivity index (χ0) is 21.1. The van der Waals surface area contributed by atoms with Gasteiger partial charge >= 0.3 is 5.97 Å². The normalized spacial score (nSPS) is 17.1. The van der Waals surface area contributed by atoms with Crippen molar-refractivity contribution in [3.05, 3.63) is 80.4 Å². The lowest BCUT2D eigenvalue weighted by Crippen LogP contribution is -2.38. The van der Waals surface area contributed by atoms with Gasteiger partial charge in [-0.05, 0) is 50.1 Å². The first-order valence-electron chi connectivity index (χ1n) is 9.49. The molecule has 1 atom stereocenters. The zero-order valence-electron chi connectivity index (χ0n) is 16.6. The average Bonchev–Trinajstić information content (AvgIpc) is 2.66. The van der Waals surface area contributed by atoms with Gasteiger partial charge in [-0.1, -0.05) is 57.9 Å². The summed E-state index contributed by atoms with van der Waals surface area (Å²) in [4.78, 5) is 27.7. The van der Waals surface area contributed by atoms with Gasteiger partial charge in [-0.2, -0.15) is 0 Å². The number of benzene rings is 2. The number of allylic oxidation sites excluding steroid dienone is 1. The van der Waals surface area contributed by atoms with E-state index in [1.165, 1.54) is 0 Å². The maximum Gasteiger partial charge on any atom is 0.336 e. The van der Waals surface area contributed by atoms with Gasteiger partial charge in [0, 0.05) is 27.5 Å². The molecule has 0 aromatic heterocycles. The largest absolute Gasteiger partial charge is 0.460 e. The molecule has 1 aliphatic heterocycles. The summed E-state index contributed by atoms with van der Waals surface area (Å²) < 4.78 is 6.49. The molecule has 0 radical (unpaired) electrons. The van der Waals surface area contributed by atoms with Gasteiger partial charge in [-0.3, -0.25) is 4.79 Å². The van der Waals surface area contributed by atoms with Gasteiger partial charge in [0.2, 0.25) is 5.91 Å². The molecule has 1 amide bonds. The van der Waals surface area contributed by atoms with Crippen LogP contribution in [0, 0.1) is 0 Å². The summed E-state index contributed by atoms with van der Waals surface area (Å²) in [5.74, 6) is -0.879. The van der Waals surface area contributed by atoms with Crippen molar-refractivity contribution in [2.24, 2.45) is 0 Å². The highest BCUT2D eigenvalue weighted by Crippen LogP contribution is 2.40. The van der Waals surface area contributed by atoms with Crippen LogP contribution in [0.4, 0.5) is 0 Å². The molecule has 2 aromatic rings. The van der Waals surface area contributed by atoms with E-state index in [2.05, 4.69) is 15.9 Å². The molecule has 2 aromatic carbocycles. The van der Waals surface area contributed by atoms with Gasteiger partial charge in [0.1, 0.15) is 0 Å². The van der Waals surface area contributed by atoms with Crippen molar-refractivity contribution in [2.75, 3.05) is 0 Å². The second-order valence-corrected chi connectivity index (χ2v) is 8.66. The molecule has 0 N–H and O–H groups in total. The molecule has 4 nitrogen and oxygen atoms in total. The minimum absolute atomic E-state index is 0.0450. The first-order valence-corrected chi connectivity index (χ1v) is 10.7. The van der Waals surface area contributed by atoms with E-state index in [-0.39, 0.29) is 18.4 Å². The van der Waals surface area contributed by atoms with Crippen LogP contribution in [0.15, 0.2) is 64.3 Å². The number of carbonyl (C=O) groups is 2. The maximum absolute atomic E-state index is 13.0. The molecule has 1 heterocycles. The van der Waals surface area contributed by atoms with Crippen molar-refractivity contribution in [3.8, 4) is 0 Å². The highest BCUT2D eigenvalue weighted by molar-refractivity contribution is 9.10. The quantitative estimate of drug-likeness (QED) is 0.509. The molecule has 0 unspecified atom stereocenters. The fourth-order valence-corrected chi connectivity index (χ4v) is 4.07. The van der Waals surface area contributed by atoms with Gasteiger partial charge in [0.15, 0.2) is 0 Å². The molecule has 3 rings (SSSR count). The molecule has 0 saturated carbocycles. The van der Waals surface area contributed by atoms with Crippen LogP contribution >= 0.6 is 27.5 Å². The Bertz CT molecular complexity index is 953. The van der Waals surface area contributed by atoms with Crippen molar-refractivity contribution < 1.29 is 14.3 Å². The predicted molar refractivity (Wildman–Crippen MR) is 117 cm³/mol. The number of amides is 1. The number of nitrogens with zero attached hydrogens (tertiary/aromatic N) is 1. The van der Waals surface area contributed by atoms with Gasteiger partial charge < -0.3 is 9.64 Å². The summed E-state index contributed by atoms with van der Waals surface area (Å²) in [6, 6.07) is 15.1. The molecule has 6 heteroatoms. The molecule has 0 spiro atoms. The van der Waals surface area contributed by atoms with Crippen LogP contribution in [-0.4, -0.2) is 22.9 Å². The van der Waals surface area contributed by atoms with E-state index in [0.717, 1.165) is 15.6 Å². The molecular formula is C23H23BrClNO3. The van der Waals surface area contributed by atoms with Crippen molar-refractivity contribution in [1.82, 2.24) is 4.90 Å². The van der Waals surface area contributed by atoms with E-state index in [9.17, 15) is 9.59 Å². The van der Waals surface area contributed by atoms with Gasteiger partial charge in [-0.25, -0.2) is 4.79 Å². The molecule has 0 saturated heterocycles. The highest BCUT2D eigenvalue weighted by atomic mass is 79.9. The Morgan fingerprint density at radius 3 is 2.48 bits per heavy atom. The van der Waals surface area contributed by atoms with Crippen LogP contribution in [0.25, 0.3) is 0 Å². The van der Waals surface area contributed by atoms with Gasteiger partial charge in [0.05, 0.1) is 18.2 Å². The van der Waals surface area contributed by atoms with E-state index >= 15 is 0 Å². The lowest BCUT2D eigenvalue weighted by atomic mass is 9.83. The fourth-order valence-electron chi connectivity index (χ4n) is 3.54. The first-order chi connectivity index (χ1) is 13.8. The second-order valence-electron chi connectivity index (χ2n) is 7.34. The lowest BCUT2D eigenvalue weighted by molar-refractivity contribution is -0.143. The van der Waals surface area contributed by atoms with E-state index in [1.807, 2.05) is 56.3 Å². The number of hydrogen-bond acceptors (Lipinski definition) is 3. The first kappa shape index (κ1) is 21.6. The van der Waals surface area contributed by atoms with Crippen molar-refractivity contribution >= 4 is 39.4 Å². The Balaban J connectivity index is 2.04. The molecular weight excluding hydrogens is 454 g/mol. The standard InChI is InChI=1S/C23H23BrClNO3/c1-14(2)29-23(28)22-15(3)26(13-16-8-10-17(24)11-9-16)21(27)12-19(22)18-6-4-5-7-20(18)25/h4-11,14,19H,12-13H2,1-3H3/t19-/m1/s1. The molecule has 29 heavy (non-hydrogen) atoms. The third-order valence-corrected chi connectivity index (χ3v) is 5.79. The van der Waals surface area contributed by atoms with Crippen LogP contribution in [0.2, 0.25) is 5.02 Å². The summed E-state index contributed by atoms with van der Waals surface area (Å²) in [5, 5.41) is 0.536. The number of rotatable bonds is 5. The Hall–Kier alpha value is -2.11. The Morgan fingerprint density at radius 1 is 1.21 bits per heavy atom. The predicted octanol–water partition coefficient (Wildman–Crippen LogP) is 5.84. The number of halogens is 2. The number of esters is 1. The third kappa shape index (κ3) is 4.90. The van der Waals surface area contributed by atoms with E-state index < -0.39 is 11.9 Å². The summed E-state index contributed by atoms with van der Waals surface area (Å²) in [6.45, 7) is 5.82. The second kappa shape index (κ2) is 9.14. The van der Waals surface area contributed by atoms with Crippen molar-refractivity contribution in [3.63, 3.8) is 0 Å². The summed E-state index contributed by atoms with van der Waals surface area (Å²) in [6.07, 6.45) is -0.0904. The van der Waals surface area contributed by atoms with Crippen LogP contribution < -0.4 is 0 Å². The lowest BCUT2D eigenvalue weighted by Gasteiger charge is -2.35. The van der Waals surface area contributed by atoms with E-state index in [4.69, 9.17) is 16.3 Å². The Labute approximate surface area is 184 Å². The topological polar surface area (TPSA) is 46.6 Å². The number of hydrogen-bond donors (Lipinski definition) is 0. The van der Waals surface area contributed by atoms with Crippen molar-refractivity contribution in [2.45, 2.75) is 45.8 Å². The summed E-state index contributed by atoms with van der Waals surface area (Å²) in [5.41, 5.74) is 2.85. The molecule has 1 aliphatic rings. The smallest absolute Gasteiger partial charge is 0.336 e. The molecule has 152 valence electrons. The highest BCUT2D eigenvalue weighted by Gasteiger charge is 2.37. The van der Waals surface area contributed by atoms with Crippen LogP contribution in [0.1, 0.15) is 44.2 Å². The van der Waals surface area contributed by atoms with E-state index in [0.29, 0.717) is 22.8 Å². The average molecular weight is 477 g/mol. The van der Waals surface area contributed by atoms with Crippen LogP contribution in [-0.2, 0) is 20.9 Å². The number of carbonyl (C=O) groups excluding carboxylic acids is 2. The van der Waals surface area contributed by atoms with Crippen LogP contribution in [0.5, 0.6) is 0 Å². The Morgan fingerprint density at radius 2 is 1.86 bits per heavy atom. The summed E-state index contributed by atoms with van der Waals surface area (Å²) in [7, 11) is 0. The van der Waals surface area contributed by atoms with Gasteiger partial charge in [0.25, 0.3) is 0 Å². The zero-order valence-corrected chi connectivity index (χ0v) is 19.0. The maximum atomic E-state index is 13.0. The van der Waals surface area contributed by atoms with Crippen molar-refractivity contribution in [1.29, 1.82) is 0 Å². The molecule has 0 fully saturated rings. The minimum Gasteiger partial charge on any atom is -0.460 e. The molecule has 0 aliphatic carbocycles. The van der Waals surface area contributed by atoms with Gasteiger partial charge in [-0.15, -0.1) is 0 Å². The third-order valence-electron chi connectivity index (χ3n) is 4.92. The minimum atomic E-state index is -0.427. The Kier molecular flexibility index (Phi) is 6.81. The number of ether oxygens (including phenoxy) is 1. The summed E-state index contributed by atoms with van der Waals surface area (Å²) >= 11 is 9.83. The monoisotopic (exact) mass is 475 g/mol. The molecule has 0 bridgehead atoms. The fraction of sp³-hybridized carbons (Fsp3) is 0.304. The van der Waals surface area contributed by atoms with E-state index in [1.54, 1.807) is 17.9 Å². The van der Waals surface area contributed by atoms with Crippen LogP contribution in [0.3, 0.4) is 0 Å².